The van der Waals surface area contributed by atoms with E-state index < -0.39 is 23.5 Å². The number of nitrogens with zero attached hydrogens (tertiary/aromatic N) is 2. The molecule has 0 bridgehead atoms. The number of fused-ring (bicyclic) bond motifs is 1. The molecule has 0 aliphatic carbocycles. The van der Waals surface area contributed by atoms with Gasteiger partial charge in [0, 0.05) is 25.5 Å². The number of ether oxygens (including phenoxy) is 1. The second kappa shape index (κ2) is 6.69. The quantitative estimate of drug-likeness (QED) is 0.691. The van der Waals surface area contributed by atoms with Gasteiger partial charge in [-0.15, -0.1) is 11.3 Å². The Balaban J connectivity index is 1.68. The van der Waals surface area contributed by atoms with Gasteiger partial charge in [0.2, 0.25) is 5.91 Å². The predicted octanol–water partition coefficient (Wildman–Crippen LogP) is 0.421. The van der Waals surface area contributed by atoms with Crippen molar-refractivity contribution in [3.63, 3.8) is 0 Å². The molecule has 2 unspecified atom stereocenters. The van der Waals surface area contributed by atoms with Gasteiger partial charge in [-0.1, -0.05) is 0 Å². The number of nitrogens with one attached hydrogen (secondary N) is 2. The van der Waals surface area contributed by atoms with Crippen molar-refractivity contribution in [1.82, 2.24) is 20.4 Å². The fraction of sp³-hybridized carbons (Fsp3) is 0.500. The Morgan fingerprint density at radius 2 is 2.19 bits per heavy atom. The molecule has 2 aromatic rings. The van der Waals surface area contributed by atoms with Crippen molar-refractivity contribution in [1.29, 1.82) is 0 Å². The normalized spacial score (nSPS) is 20.9. The van der Waals surface area contributed by atoms with E-state index in [1.165, 1.54) is 18.3 Å². The van der Waals surface area contributed by atoms with Crippen LogP contribution in [0.25, 0.3) is 10.2 Å². The summed E-state index contributed by atoms with van der Waals surface area (Å²) in [6.07, 6.45) is 0.192. The van der Waals surface area contributed by atoms with Crippen LogP contribution in [0, 0.1) is 6.92 Å². The minimum absolute atomic E-state index is 0.0860. The van der Waals surface area contributed by atoms with Crippen LogP contribution >= 0.6 is 11.3 Å². The molecule has 0 saturated carbocycles. The zero-order chi connectivity index (χ0) is 19.1. The van der Waals surface area contributed by atoms with Crippen LogP contribution < -0.4 is 10.6 Å². The number of carbonyl (C=O) groups is 3. The molecule has 3 rings (SSSR count). The summed E-state index contributed by atoms with van der Waals surface area (Å²) in [7, 11) is 1.80. The molecule has 2 aromatic heterocycles. The minimum atomic E-state index is -1.43. The van der Waals surface area contributed by atoms with Crippen molar-refractivity contribution >= 4 is 39.3 Å². The predicted molar refractivity (Wildman–Crippen MR) is 94.2 cm³/mol. The average Bonchev–Trinajstić information content (AvgIpc) is 3.26. The third-order valence-electron chi connectivity index (χ3n) is 4.45. The van der Waals surface area contributed by atoms with Gasteiger partial charge in [-0.2, -0.15) is 5.10 Å². The van der Waals surface area contributed by atoms with Gasteiger partial charge in [0.1, 0.15) is 10.9 Å². The second-order valence-corrected chi connectivity index (χ2v) is 7.44. The van der Waals surface area contributed by atoms with Crippen LogP contribution in [-0.4, -0.2) is 57.5 Å². The molecule has 3 N–H and O–H groups in total. The van der Waals surface area contributed by atoms with Crippen LogP contribution in [0.3, 0.4) is 0 Å². The lowest BCUT2D eigenvalue weighted by Gasteiger charge is -2.25. The van der Waals surface area contributed by atoms with Crippen molar-refractivity contribution in [2.24, 2.45) is 7.05 Å². The zero-order valence-corrected chi connectivity index (χ0v) is 15.5. The van der Waals surface area contributed by atoms with E-state index in [0.717, 1.165) is 15.9 Å². The molecular weight excluding hydrogens is 360 g/mol. The SMILES string of the molecule is Cc1nn(C)c2sc(C(=O)NC(C)C(=O)NC3(C(=O)O)CCOC3)cc12. The summed E-state index contributed by atoms with van der Waals surface area (Å²) in [6, 6.07) is 0.856. The molecule has 0 aromatic carbocycles. The number of hydrogen-bond donors (Lipinski definition) is 3. The Hall–Kier alpha value is -2.46. The maximum Gasteiger partial charge on any atom is 0.331 e. The van der Waals surface area contributed by atoms with Gasteiger partial charge in [-0.25, -0.2) is 4.79 Å². The number of hydrogen-bond acceptors (Lipinski definition) is 6. The lowest BCUT2D eigenvalue weighted by atomic mass is 9.98. The van der Waals surface area contributed by atoms with Crippen molar-refractivity contribution in [2.45, 2.75) is 31.8 Å². The monoisotopic (exact) mass is 380 g/mol. The van der Waals surface area contributed by atoms with Crippen molar-refractivity contribution < 1.29 is 24.2 Å². The maximum atomic E-state index is 12.4. The van der Waals surface area contributed by atoms with E-state index >= 15 is 0 Å². The van der Waals surface area contributed by atoms with Crippen LogP contribution in [0.1, 0.15) is 28.7 Å². The van der Waals surface area contributed by atoms with E-state index in [2.05, 4.69) is 15.7 Å². The first-order valence-corrected chi connectivity index (χ1v) is 8.92. The number of carboxylic acid groups (broad SMARTS) is 1. The molecule has 1 aliphatic rings. The van der Waals surface area contributed by atoms with Gasteiger partial charge < -0.3 is 20.5 Å². The molecule has 3 heterocycles. The Bertz CT molecular complexity index is 846. The maximum absolute atomic E-state index is 12.4. The minimum Gasteiger partial charge on any atom is -0.479 e. The highest BCUT2D eigenvalue weighted by molar-refractivity contribution is 7.20. The van der Waals surface area contributed by atoms with Gasteiger partial charge in [-0.3, -0.25) is 14.3 Å². The molecule has 2 atom stereocenters. The number of carbonyl (C=O) groups excluding carboxylic acids is 2. The Kier molecular flexibility index (Phi) is 4.72. The molecule has 2 amide bonds. The van der Waals surface area contributed by atoms with Crippen LogP contribution in [-0.2, 0) is 21.4 Å². The summed E-state index contributed by atoms with van der Waals surface area (Å²) >= 11 is 1.29. The number of carboxylic acids is 1. The van der Waals surface area contributed by atoms with E-state index in [4.69, 9.17) is 4.74 Å². The number of aryl methyl sites for hydroxylation is 2. The topological polar surface area (TPSA) is 123 Å². The highest BCUT2D eigenvalue weighted by Gasteiger charge is 2.44. The van der Waals surface area contributed by atoms with E-state index in [0.29, 0.717) is 4.88 Å². The Labute approximate surface area is 153 Å². The average molecular weight is 380 g/mol. The van der Waals surface area contributed by atoms with Crippen molar-refractivity contribution in [2.75, 3.05) is 13.2 Å². The van der Waals surface area contributed by atoms with Crippen LogP contribution in [0.4, 0.5) is 0 Å². The summed E-state index contributed by atoms with van der Waals surface area (Å²) in [4.78, 5) is 37.6. The number of thiophene rings is 1. The highest BCUT2D eigenvalue weighted by Crippen LogP contribution is 2.27. The first kappa shape index (κ1) is 18.3. The summed E-state index contributed by atoms with van der Waals surface area (Å²) in [5.41, 5.74) is -0.607. The zero-order valence-electron chi connectivity index (χ0n) is 14.7. The number of aromatic nitrogens is 2. The number of aliphatic carboxylic acids is 1. The second-order valence-electron chi connectivity index (χ2n) is 6.41. The smallest absolute Gasteiger partial charge is 0.331 e. The first-order valence-electron chi connectivity index (χ1n) is 8.11. The van der Waals surface area contributed by atoms with Crippen molar-refractivity contribution in [3.8, 4) is 0 Å². The number of amides is 2. The molecule has 1 fully saturated rings. The molecule has 26 heavy (non-hydrogen) atoms. The van der Waals surface area contributed by atoms with Crippen molar-refractivity contribution in [3.05, 3.63) is 16.6 Å². The summed E-state index contributed by atoms with van der Waals surface area (Å²) in [5, 5.41) is 19.7. The molecule has 1 saturated heterocycles. The summed E-state index contributed by atoms with van der Waals surface area (Å²) in [5.74, 6) is -2.10. The van der Waals surface area contributed by atoms with Gasteiger partial charge in [0.25, 0.3) is 5.91 Å². The van der Waals surface area contributed by atoms with E-state index in [-0.39, 0.29) is 25.5 Å². The molecule has 1 aliphatic heterocycles. The third kappa shape index (κ3) is 3.17. The molecular formula is C16H20N4O5S. The van der Waals surface area contributed by atoms with Gasteiger partial charge in [0.15, 0.2) is 5.54 Å². The summed E-state index contributed by atoms with van der Waals surface area (Å²) in [6.45, 7) is 3.56. The standard InChI is InChI=1S/C16H20N4O5S/c1-8-10-6-11(26-14(10)20(3)19-8)13(22)17-9(2)12(21)18-16(15(23)24)4-5-25-7-16/h6,9H,4-5,7H2,1-3H3,(H,17,22)(H,18,21)(H,23,24). The summed E-state index contributed by atoms with van der Waals surface area (Å²) < 4.78 is 6.82. The fourth-order valence-corrected chi connectivity index (χ4v) is 3.91. The number of rotatable bonds is 5. The van der Waals surface area contributed by atoms with E-state index in [1.54, 1.807) is 17.8 Å². The largest absolute Gasteiger partial charge is 0.479 e. The van der Waals surface area contributed by atoms with Gasteiger partial charge >= 0.3 is 5.97 Å². The molecule has 140 valence electrons. The molecule has 10 heteroatoms. The Morgan fingerprint density at radius 1 is 1.46 bits per heavy atom. The van der Waals surface area contributed by atoms with Gasteiger partial charge in [-0.05, 0) is 19.9 Å². The van der Waals surface area contributed by atoms with Gasteiger partial charge in [0.05, 0.1) is 17.2 Å². The van der Waals surface area contributed by atoms with Crippen LogP contribution in [0.15, 0.2) is 6.07 Å². The van der Waals surface area contributed by atoms with E-state index in [9.17, 15) is 19.5 Å². The van der Waals surface area contributed by atoms with E-state index in [1.807, 2.05) is 6.92 Å². The van der Waals surface area contributed by atoms with Crippen LogP contribution in [0.2, 0.25) is 0 Å². The molecule has 0 radical (unpaired) electrons. The highest BCUT2D eigenvalue weighted by atomic mass is 32.1. The lowest BCUT2D eigenvalue weighted by molar-refractivity contribution is -0.147. The molecule has 9 nitrogen and oxygen atoms in total. The third-order valence-corrected chi connectivity index (χ3v) is 5.65. The lowest BCUT2D eigenvalue weighted by Crippen LogP contribution is -2.59. The van der Waals surface area contributed by atoms with Crippen LogP contribution in [0.5, 0.6) is 0 Å². The fourth-order valence-electron chi connectivity index (χ4n) is 2.88. The molecule has 0 spiro atoms. The Morgan fingerprint density at radius 3 is 2.77 bits per heavy atom. The first-order chi connectivity index (χ1) is 12.2.